The van der Waals surface area contributed by atoms with Gasteiger partial charge in [-0.05, 0) is 12.5 Å². The van der Waals surface area contributed by atoms with Crippen LogP contribution in [-0.4, -0.2) is 28.4 Å². The molecule has 23 heavy (non-hydrogen) atoms. The highest BCUT2D eigenvalue weighted by Crippen LogP contribution is 2.22. The molecule has 1 aromatic carbocycles. The summed E-state index contributed by atoms with van der Waals surface area (Å²) in [7, 11) is 0. The Morgan fingerprint density at radius 1 is 1.30 bits per heavy atom. The number of nitrogens with two attached hydrogens (primary N) is 1. The van der Waals surface area contributed by atoms with E-state index in [0.717, 1.165) is 10.6 Å². The van der Waals surface area contributed by atoms with Crippen LogP contribution in [0.1, 0.15) is 19.4 Å². The molecule has 0 spiro atoms. The Hall–Kier alpha value is -2.45. The first-order valence-electron chi connectivity index (χ1n) is 7.12. The first-order chi connectivity index (χ1) is 11.0. The molecule has 0 unspecified atom stereocenters. The molecule has 2 aromatic rings. The number of carbonyl (C=O) groups is 2. The fourth-order valence-electron chi connectivity index (χ4n) is 1.95. The van der Waals surface area contributed by atoms with E-state index in [1.807, 2.05) is 37.3 Å². The number of hydrazine groups is 1. The quantitative estimate of drug-likeness (QED) is 0.499. The minimum absolute atomic E-state index is 0.222. The summed E-state index contributed by atoms with van der Waals surface area (Å²) in [5.41, 5.74) is 1.02. The van der Waals surface area contributed by atoms with Crippen LogP contribution in [0.2, 0.25) is 0 Å². The van der Waals surface area contributed by atoms with E-state index >= 15 is 0 Å². The van der Waals surface area contributed by atoms with Crippen LogP contribution in [0.5, 0.6) is 0 Å². The Balaban J connectivity index is 2.07. The summed E-state index contributed by atoms with van der Waals surface area (Å²) in [5, 5.41) is 5.59. The average molecular weight is 333 g/mol. The number of urea groups is 1. The number of nitrogens with one attached hydrogen (secondary N) is 1. The van der Waals surface area contributed by atoms with Gasteiger partial charge in [-0.1, -0.05) is 30.3 Å². The molecule has 0 atom stereocenters. The minimum atomic E-state index is -0.351. The zero-order valence-electron chi connectivity index (χ0n) is 13.0. The second-order valence-corrected chi connectivity index (χ2v) is 5.70. The fourth-order valence-corrected chi connectivity index (χ4v) is 2.68. The summed E-state index contributed by atoms with van der Waals surface area (Å²) in [5.74, 6) is 5.97. The van der Waals surface area contributed by atoms with Crippen molar-refractivity contribution < 1.29 is 9.59 Å². The zero-order chi connectivity index (χ0) is 16.8. The standard InChI is InChI=1S/C15H19N5O2S/c1-3-19(9-12-7-5-4-6-8-12)15(22)20(16)13-10-23-14(18-13)17-11(2)21/h4-8,10H,3,9,16H2,1-2H3,(H,17,18,21). The highest BCUT2D eigenvalue weighted by atomic mass is 32.1. The second-order valence-electron chi connectivity index (χ2n) is 4.84. The maximum absolute atomic E-state index is 12.5. The Labute approximate surface area is 138 Å². The normalized spacial score (nSPS) is 10.2. The number of nitrogens with zero attached hydrogens (tertiary/aromatic N) is 3. The van der Waals surface area contributed by atoms with E-state index in [-0.39, 0.29) is 11.9 Å². The van der Waals surface area contributed by atoms with Crippen molar-refractivity contribution in [2.24, 2.45) is 5.84 Å². The number of hydrogen-bond donors (Lipinski definition) is 2. The number of benzene rings is 1. The molecule has 0 fully saturated rings. The van der Waals surface area contributed by atoms with Crippen LogP contribution >= 0.6 is 11.3 Å². The van der Waals surface area contributed by atoms with Crippen molar-refractivity contribution in [2.45, 2.75) is 20.4 Å². The van der Waals surface area contributed by atoms with Crippen molar-refractivity contribution >= 4 is 34.2 Å². The predicted octanol–water partition coefficient (Wildman–Crippen LogP) is 2.42. The molecule has 0 aliphatic carbocycles. The lowest BCUT2D eigenvalue weighted by Crippen LogP contribution is -2.47. The molecule has 3 amide bonds. The van der Waals surface area contributed by atoms with Crippen molar-refractivity contribution in [3.8, 4) is 0 Å². The van der Waals surface area contributed by atoms with Gasteiger partial charge in [0.25, 0.3) is 0 Å². The number of aromatic nitrogens is 1. The summed E-state index contributed by atoms with van der Waals surface area (Å²) in [6.45, 7) is 4.26. The van der Waals surface area contributed by atoms with E-state index in [1.54, 1.807) is 10.3 Å². The van der Waals surface area contributed by atoms with Gasteiger partial charge in [0, 0.05) is 25.4 Å². The van der Waals surface area contributed by atoms with Crippen LogP contribution < -0.4 is 16.2 Å². The van der Waals surface area contributed by atoms with Crippen LogP contribution in [0.25, 0.3) is 0 Å². The predicted molar refractivity (Wildman–Crippen MR) is 91.0 cm³/mol. The van der Waals surface area contributed by atoms with Gasteiger partial charge in [0.05, 0.1) is 0 Å². The lowest BCUT2D eigenvalue weighted by molar-refractivity contribution is -0.114. The minimum Gasteiger partial charge on any atom is -0.319 e. The summed E-state index contributed by atoms with van der Waals surface area (Å²) < 4.78 is 0. The second kappa shape index (κ2) is 7.70. The number of thiazole rings is 1. The number of rotatable bonds is 5. The van der Waals surface area contributed by atoms with Crippen molar-refractivity contribution in [2.75, 3.05) is 16.9 Å². The molecule has 1 heterocycles. The third-order valence-electron chi connectivity index (χ3n) is 3.10. The summed E-state index contributed by atoms with van der Waals surface area (Å²) in [4.78, 5) is 29.3. The van der Waals surface area contributed by atoms with Gasteiger partial charge in [-0.15, -0.1) is 11.3 Å². The lowest BCUT2D eigenvalue weighted by Gasteiger charge is -2.25. The van der Waals surface area contributed by atoms with Gasteiger partial charge >= 0.3 is 6.03 Å². The van der Waals surface area contributed by atoms with E-state index in [9.17, 15) is 9.59 Å². The van der Waals surface area contributed by atoms with E-state index < -0.39 is 0 Å². The number of anilines is 2. The lowest BCUT2D eigenvalue weighted by atomic mass is 10.2. The first-order valence-corrected chi connectivity index (χ1v) is 8.00. The van der Waals surface area contributed by atoms with Gasteiger partial charge in [0.1, 0.15) is 0 Å². The summed E-state index contributed by atoms with van der Waals surface area (Å²) >= 11 is 1.21. The smallest absolute Gasteiger partial charge is 0.319 e. The fraction of sp³-hybridized carbons (Fsp3) is 0.267. The Morgan fingerprint density at radius 2 is 2.00 bits per heavy atom. The van der Waals surface area contributed by atoms with Crippen LogP contribution in [-0.2, 0) is 11.3 Å². The topological polar surface area (TPSA) is 91.6 Å². The Kier molecular flexibility index (Phi) is 5.67. The van der Waals surface area contributed by atoms with Crippen molar-refractivity contribution in [1.29, 1.82) is 0 Å². The largest absolute Gasteiger partial charge is 0.340 e. The monoisotopic (exact) mass is 333 g/mol. The van der Waals surface area contributed by atoms with Crippen LogP contribution in [0.15, 0.2) is 35.7 Å². The highest BCUT2D eigenvalue weighted by molar-refractivity contribution is 7.14. The van der Waals surface area contributed by atoms with Crippen molar-refractivity contribution in [1.82, 2.24) is 9.88 Å². The van der Waals surface area contributed by atoms with Crippen LogP contribution in [0.3, 0.4) is 0 Å². The number of hydrogen-bond acceptors (Lipinski definition) is 5. The SMILES string of the molecule is CCN(Cc1ccccc1)C(=O)N(N)c1csc(NC(C)=O)n1. The Morgan fingerprint density at radius 3 is 2.61 bits per heavy atom. The third-order valence-corrected chi connectivity index (χ3v) is 3.84. The van der Waals surface area contributed by atoms with Gasteiger partial charge in [-0.3, -0.25) is 4.79 Å². The van der Waals surface area contributed by atoms with E-state index in [1.165, 1.54) is 18.3 Å². The molecule has 7 nitrogen and oxygen atoms in total. The number of amides is 3. The van der Waals surface area contributed by atoms with Gasteiger partial charge in [0.15, 0.2) is 10.9 Å². The molecule has 1 aromatic heterocycles. The molecular formula is C15H19N5O2S. The molecule has 8 heteroatoms. The van der Waals surface area contributed by atoms with Crippen LogP contribution in [0.4, 0.5) is 15.7 Å². The van der Waals surface area contributed by atoms with Crippen molar-refractivity contribution in [3.63, 3.8) is 0 Å². The summed E-state index contributed by atoms with van der Waals surface area (Å²) in [6, 6.07) is 9.33. The molecule has 0 radical (unpaired) electrons. The molecule has 3 N–H and O–H groups in total. The van der Waals surface area contributed by atoms with E-state index in [2.05, 4.69) is 10.3 Å². The van der Waals surface area contributed by atoms with E-state index in [0.29, 0.717) is 24.0 Å². The van der Waals surface area contributed by atoms with Crippen LogP contribution in [0, 0.1) is 0 Å². The zero-order valence-corrected chi connectivity index (χ0v) is 13.8. The molecule has 0 bridgehead atoms. The molecule has 0 aliphatic rings. The highest BCUT2D eigenvalue weighted by Gasteiger charge is 2.21. The Bertz CT molecular complexity index is 674. The third kappa shape index (κ3) is 4.51. The molecule has 2 rings (SSSR count). The maximum atomic E-state index is 12.5. The van der Waals surface area contributed by atoms with E-state index in [4.69, 9.17) is 5.84 Å². The molecule has 0 aliphatic heterocycles. The first kappa shape index (κ1) is 16.9. The number of carbonyl (C=O) groups excluding carboxylic acids is 2. The van der Waals surface area contributed by atoms with Gasteiger partial charge in [0.2, 0.25) is 5.91 Å². The average Bonchev–Trinajstić information content (AvgIpc) is 3.00. The molecular weight excluding hydrogens is 314 g/mol. The molecule has 0 saturated heterocycles. The van der Waals surface area contributed by atoms with Gasteiger partial charge in [-0.25, -0.2) is 20.6 Å². The molecule has 122 valence electrons. The van der Waals surface area contributed by atoms with Gasteiger partial charge < -0.3 is 10.2 Å². The van der Waals surface area contributed by atoms with Crippen molar-refractivity contribution in [3.05, 3.63) is 41.3 Å². The maximum Gasteiger partial charge on any atom is 0.340 e. The summed E-state index contributed by atoms with van der Waals surface area (Å²) in [6.07, 6.45) is 0. The van der Waals surface area contributed by atoms with Gasteiger partial charge in [-0.2, -0.15) is 0 Å². The molecule has 0 saturated carbocycles.